The maximum absolute atomic E-state index is 13.5. The van der Waals surface area contributed by atoms with E-state index in [-0.39, 0.29) is 5.91 Å². The summed E-state index contributed by atoms with van der Waals surface area (Å²) in [4.78, 5) is 19.8. The van der Waals surface area contributed by atoms with Gasteiger partial charge in [-0.3, -0.25) is 4.79 Å². The van der Waals surface area contributed by atoms with Gasteiger partial charge in [0.15, 0.2) is 0 Å². The molecule has 5 rings (SSSR count). The van der Waals surface area contributed by atoms with Crippen molar-refractivity contribution >= 4 is 17.3 Å². The number of piperidine rings is 1. The zero-order chi connectivity index (χ0) is 16.9. The van der Waals surface area contributed by atoms with Crippen molar-refractivity contribution in [3.63, 3.8) is 0 Å². The van der Waals surface area contributed by atoms with Crippen molar-refractivity contribution in [3.8, 4) is 0 Å². The van der Waals surface area contributed by atoms with E-state index >= 15 is 0 Å². The Morgan fingerprint density at radius 2 is 2.00 bits per heavy atom. The minimum atomic E-state index is -0.482. The molecule has 6 heteroatoms. The van der Waals surface area contributed by atoms with Crippen molar-refractivity contribution in [3.05, 3.63) is 42.5 Å². The molecule has 2 aromatic rings. The van der Waals surface area contributed by atoms with Crippen molar-refractivity contribution < 1.29 is 4.79 Å². The fourth-order valence-electron chi connectivity index (χ4n) is 4.14. The predicted octanol–water partition coefficient (Wildman–Crippen LogP) is 2.30. The second kappa shape index (κ2) is 5.59. The Bertz CT molecular complexity index is 804. The minimum absolute atomic E-state index is 0.191. The average molecular weight is 337 g/mol. The van der Waals surface area contributed by atoms with Gasteiger partial charge < -0.3 is 20.1 Å². The first kappa shape index (κ1) is 15.0. The molecule has 1 aliphatic carbocycles. The van der Waals surface area contributed by atoms with E-state index in [1.807, 2.05) is 35.6 Å². The molecule has 1 saturated carbocycles. The number of amides is 1. The molecule has 1 saturated heterocycles. The number of nitrogens with one attached hydrogen (secondary N) is 2. The van der Waals surface area contributed by atoms with Gasteiger partial charge >= 0.3 is 0 Å². The van der Waals surface area contributed by atoms with Gasteiger partial charge in [0, 0.05) is 12.2 Å². The number of hydrogen-bond acceptors (Lipinski definition) is 4. The highest BCUT2D eigenvalue weighted by molar-refractivity contribution is 6.07. The number of para-hydroxylation sites is 2. The molecular formula is C19H23N5O. The smallest absolute Gasteiger partial charge is 0.253 e. The van der Waals surface area contributed by atoms with Crippen LogP contribution in [0.3, 0.4) is 0 Å². The van der Waals surface area contributed by atoms with Crippen molar-refractivity contribution in [2.45, 2.75) is 43.8 Å². The minimum Gasteiger partial charge on any atom is -0.369 e. The van der Waals surface area contributed by atoms with Crippen LogP contribution >= 0.6 is 0 Å². The molecule has 1 spiro atoms. The van der Waals surface area contributed by atoms with Crippen LogP contribution in [0, 0.1) is 0 Å². The highest BCUT2D eigenvalue weighted by atomic mass is 16.2. The normalized spacial score (nSPS) is 21.9. The third-order valence-electron chi connectivity index (χ3n) is 5.69. The van der Waals surface area contributed by atoms with Crippen LogP contribution in [0.4, 0.5) is 11.4 Å². The Morgan fingerprint density at radius 3 is 2.80 bits per heavy atom. The fraction of sp³-hybridized carbons (Fsp3) is 0.474. The second-order valence-corrected chi connectivity index (χ2v) is 7.39. The van der Waals surface area contributed by atoms with E-state index in [0.29, 0.717) is 12.6 Å². The quantitative estimate of drug-likeness (QED) is 0.902. The number of hydrogen-bond donors (Lipinski definition) is 2. The number of carbonyl (C=O) groups excluding carboxylic acids is 1. The summed E-state index contributed by atoms with van der Waals surface area (Å²) in [6, 6.07) is 8.71. The molecule has 3 aliphatic rings. The monoisotopic (exact) mass is 337 g/mol. The molecule has 130 valence electrons. The summed E-state index contributed by atoms with van der Waals surface area (Å²) < 4.78 is 2.24. The lowest BCUT2D eigenvalue weighted by atomic mass is 9.84. The van der Waals surface area contributed by atoms with Crippen LogP contribution in [-0.2, 0) is 11.3 Å². The highest BCUT2D eigenvalue weighted by Crippen LogP contribution is 2.41. The van der Waals surface area contributed by atoms with E-state index in [9.17, 15) is 4.79 Å². The number of carbonyl (C=O) groups is 1. The number of fused-ring (bicyclic) bond motifs is 1. The molecule has 2 fully saturated rings. The van der Waals surface area contributed by atoms with E-state index < -0.39 is 5.54 Å². The van der Waals surface area contributed by atoms with Crippen LogP contribution in [0.2, 0.25) is 0 Å². The van der Waals surface area contributed by atoms with Gasteiger partial charge in [-0.15, -0.1) is 0 Å². The standard InChI is InChI=1S/C19H23N5O/c25-18-19(7-9-20-10-8-19)22-16-3-1-2-4-17(16)23(18)12-15-11-21-13-24(15)14-5-6-14/h1-4,11,13-14,20,22H,5-10,12H2. The molecule has 6 nitrogen and oxygen atoms in total. The maximum Gasteiger partial charge on any atom is 0.253 e. The third kappa shape index (κ3) is 2.43. The fourth-order valence-corrected chi connectivity index (χ4v) is 4.14. The van der Waals surface area contributed by atoms with Gasteiger partial charge in [-0.1, -0.05) is 12.1 Å². The molecule has 3 heterocycles. The SMILES string of the molecule is O=C1N(Cc2cncn2C2CC2)c2ccccc2NC12CCNCC2. The molecule has 0 atom stereocenters. The van der Waals surface area contributed by atoms with Gasteiger partial charge in [0.1, 0.15) is 5.54 Å². The topological polar surface area (TPSA) is 62.2 Å². The maximum atomic E-state index is 13.5. The van der Waals surface area contributed by atoms with E-state index in [2.05, 4.69) is 26.3 Å². The first-order valence-corrected chi connectivity index (χ1v) is 9.17. The third-order valence-corrected chi connectivity index (χ3v) is 5.69. The van der Waals surface area contributed by atoms with Crippen molar-refractivity contribution in [2.75, 3.05) is 23.3 Å². The number of aromatic nitrogens is 2. The van der Waals surface area contributed by atoms with Crippen LogP contribution in [0.15, 0.2) is 36.8 Å². The van der Waals surface area contributed by atoms with Gasteiger partial charge in [-0.25, -0.2) is 4.98 Å². The largest absolute Gasteiger partial charge is 0.369 e. The molecule has 1 aromatic carbocycles. The molecule has 0 unspecified atom stereocenters. The number of imidazole rings is 1. The highest BCUT2D eigenvalue weighted by Gasteiger charge is 2.46. The first-order chi connectivity index (χ1) is 12.3. The molecule has 1 amide bonds. The Labute approximate surface area is 147 Å². The zero-order valence-electron chi connectivity index (χ0n) is 14.2. The number of rotatable bonds is 3. The lowest BCUT2D eigenvalue weighted by Gasteiger charge is -2.46. The van der Waals surface area contributed by atoms with Gasteiger partial charge in [-0.2, -0.15) is 0 Å². The molecule has 0 bridgehead atoms. The number of anilines is 2. The van der Waals surface area contributed by atoms with E-state index in [1.54, 1.807) is 0 Å². The molecule has 25 heavy (non-hydrogen) atoms. The number of nitrogens with zero attached hydrogens (tertiary/aromatic N) is 3. The summed E-state index contributed by atoms with van der Waals surface area (Å²) >= 11 is 0. The van der Waals surface area contributed by atoms with E-state index in [1.165, 1.54) is 12.8 Å². The van der Waals surface area contributed by atoms with Gasteiger partial charge in [0.05, 0.1) is 29.9 Å². The number of benzene rings is 1. The molecule has 0 radical (unpaired) electrons. The summed E-state index contributed by atoms with van der Waals surface area (Å²) in [6.45, 7) is 2.33. The van der Waals surface area contributed by atoms with Crippen LogP contribution in [0.1, 0.15) is 37.4 Å². The van der Waals surface area contributed by atoms with Crippen LogP contribution in [0.25, 0.3) is 0 Å². The summed E-state index contributed by atoms with van der Waals surface area (Å²) in [5, 5.41) is 6.94. The summed E-state index contributed by atoms with van der Waals surface area (Å²) in [5.74, 6) is 0.191. The lowest BCUT2D eigenvalue weighted by molar-refractivity contribution is -0.124. The Hall–Kier alpha value is -2.34. The Kier molecular flexibility index (Phi) is 3.35. The molecule has 2 aliphatic heterocycles. The van der Waals surface area contributed by atoms with Gasteiger partial charge in [-0.05, 0) is 50.9 Å². The van der Waals surface area contributed by atoms with Crippen LogP contribution < -0.4 is 15.5 Å². The van der Waals surface area contributed by atoms with Crippen LogP contribution in [0.5, 0.6) is 0 Å². The van der Waals surface area contributed by atoms with Crippen molar-refractivity contribution in [2.24, 2.45) is 0 Å². The predicted molar refractivity (Wildman–Crippen MR) is 96.6 cm³/mol. The van der Waals surface area contributed by atoms with Crippen molar-refractivity contribution in [1.82, 2.24) is 14.9 Å². The van der Waals surface area contributed by atoms with Gasteiger partial charge in [0.2, 0.25) is 0 Å². The van der Waals surface area contributed by atoms with Gasteiger partial charge in [0.25, 0.3) is 5.91 Å². The second-order valence-electron chi connectivity index (χ2n) is 7.39. The molecular weight excluding hydrogens is 314 g/mol. The summed E-state index contributed by atoms with van der Waals surface area (Å²) in [7, 11) is 0. The van der Waals surface area contributed by atoms with Crippen LogP contribution in [-0.4, -0.2) is 34.1 Å². The summed E-state index contributed by atoms with van der Waals surface area (Å²) in [6.07, 6.45) is 7.88. The first-order valence-electron chi connectivity index (χ1n) is 9.17. The Balaban J connectivity index is 1.54. The summed E-state index contributed by atoms with van der Waals surface area (Å²) in [5.41, 5.74) is 2.67. The average Bonchev–Trinajstić information content (AvgIpc) is 3.38. The zero-order valence-corrected chi connectivity index (χ0v) is 14.2. The van der Waals surface area contributed by atoms with Crippen molar-refractivity contribution in [1.29, 1.82) is 0 Å². The van der Waals surface area contributed by atoms with E-state index in [4.69, 9.17) is 0 Å². The Morgan fingerprint density at radius 1 is 1.20 bits per heavy atom. The van der Waals surface area contributed by atoms with E-state index in [0.717, 1.165) is 43.0 Å². The lowest BCUT2D eigenvalue weighted by Crippen LogP contribution is -2.61. The molecule has 1 aromatic heterocycles. The molecule has 2 N–H and O–H groups in total.